The second-order valence-electron chi connectivity index (χ2n) is 4.37. The first-order valence-corrected chi connectivity index (χ1v) is 5.51. The van der Waals surface area contributed by atoms with Crippen LogP contribution in [0.4, 0.5) is 0 Å². The first-order valence-electron chi connectivity index (χ1n) is 5.51. The molecule has 4 nitrogen and oxygen atoms in total. The van der Waals surface area contributed by atoms with Gasteiger partial charge >= 0.3 is 0 Å². The first-order chi connectivity index (χ1) is 6.75. The van der Waals surface area contributed by atoms with E-state index in [2.05, 4.69) is 4.90 Å². The molecule has 0 bridgehead atoms. The van der Waals surface area contributed by atoms with E-state index in [-0.39, 0.29) is 11.9 Å². The number of nitrogens with zero attached hydrogens (tertiary/aromatic N) is 2. The molecule has 0 aliphatic carbocycles. The van der Waals surface area contributed by atoms with Crippen molar-refractivity contribution in [2.45, 2.75) is 25.3 Å². The first kappa shape index (κ1) is 9.93. The van der Waals surface area contributed by atoms with Gasteiger partial charge in [0.05, 0.1) is 6.54 Å². The molecule has 0 aromatic carbocycles. The highest BCUT2D eigenvalue weighted by Crippen LogP contribution is 2.10. The van der Waals surface area contributed by atoms with Gasteiger partial charge in [-0.05, 0) is 25.8 Å². The van der Waals surface area contributed by atoms with Gasteiger partial charge in [0.1, 0.15) is 0 Å². The average molecular weight is 197 g/mol. The number of hydrogen-bond donors (Lipinski definition) is 1. The monoisotopic (exact) mass is 197 g/mol. The molecule has 2 aliphatic heterocycles. The molecule has 2 rings (SSSR count). The number of likely N-dealkylation sites (tertiary alicyclic amines) is 2. The minimum Gasteiger partial charge on any atom is -0.341 e. The second-order valence-corrected chi connectivity index (χ2v) is 4.37. The van der Waals surface area contributed by atoms with Crippen LogP contribution in [-0.4, -0.2) is 54.5 Å². The van der Waals surface area contributed by atoms with Gasteiger partial charge in [-0.25, -0.2) is 0 Å². The fourth-order valence-corrected chi connectivity index (χ4v) is 2.09. The van der Waals surface area contributed by atoms with Crippen molar-refractivity contribution >= 4 is 5.91 Å². The molecule has 1 atom stereocenters. The summed E-state index contributed by atoms with van der Waals surface area (Å²) in [5.74, 6) is 0.283. The molecule has 2 heterocycles. The van der Waals surface area contributed by atoms with Crippen molar-refractivity contribution in [2.24, 2.45) is 5.73 Å². The Hall–Kier alpha value is -0.610. The summed E-state index contributed by atoms with van der Waals surface area (Å²) >= 11 is 0. The fraction of sp³-hybridized carbons (Fsp3) is 0.900. The zero-order valence-corrected chi connectivity index (χ0v) is 8.61. The van der Waals surface area contributed by atoms with E-state index < -0.39 is 0 Å². The minimum atomic E-state index is 0.271. The Labute approximate surface area is 85.0 Å². The van der Waals surface area contributed by atoms with Crippen LogP contribution in [-0.2, 0) is 4.79 Å². The van der Waals surface area contributed by atoms with E-state index in [0.29, 0.717) is 6.54 Å². The van der Waals surface area contributed by atoms with Crippen LogP contribution in [0.2, 0.25) is 0 Å². The van der Waals surface area contributed by atoms with Gasteiger partial charge in [0.25, 0.3) is 0 Å². The molecule has 1 amide bonds. The third kappa shape index (κ3) is 2.25. The molecule has 2 N–H and O–H groups in total. The summed E-state index contributed by atoms with van der Waals surface area (Å²) in [6.45, 7) is 4.41. The normalized spacial score (nSPS) is 28.6. The minimum absolute atomic E-state index is 0.271. The van der Waals surface area contributed by atoms with Crippen LogP contribution in [0.3, 0.4) is 0 Å². The van der Waals surface area contributed by atoms with E-state index in [9.17, 15) is 4.79 Å². The third-order valence-electron chi connectivity index (χ3n) is 3.11. The number of rotatable bonds is 2. The largest absolute Gasteiger partial charge is 0.341 e. The predicted octanol–water partition coefficient (Wildman–Crippen LogP) is -0.358. The SMILES string of the molecule is NC1CCCN(CC(=O)N2CCC2)C1. The molecule has 0 saturated carbocycles. The van der Waals surface area contributed by atoms with Gasteiger partial charge in [-0.2, -0.15) is 0 Å². The number of nitrogens with two attached hydrogens (primary N) is 1. The maximum atomic E-state index is 11.6. The molecule has 1 unspecified atom stereocenters. The van der Waals surface area contributed by atoms with Gasteiger partial charge < -0.3 is 10.6 Å². The molecule has 0 spiro atoms. The zero-order chi connectivity index (χ0) is 9.97. The van der Waals surface area contributed by atoms with Gasteiger partial charge in [0.15, 0.2) is 0 Å². The summed E-state index contributed by atoms with van der Waals surface area (Å²) in [4.78, 5) is 15.8. The van der Waals surface area contributed by atoms with Gasteiger partial charge in [0, 0.05) is 25.7 Å². The molecule has 0 radical (unpaired) electrons. The van der Waals surface area contributed by atoms with E-state index in [0.717, 1.165) is 39.0 Å². The van der Waals surface area contributed by atoms with Crippen molar-refractivity contribution in [3.63, 3.8) is 0 Å². The lowest BCUT2D eigenvalue weighted by molar-refractivity contribution is -0.136. The maximum Gasteiger partial charge on any atom is 0.236 e. The van der Waals surface area contributed by atoms with Crippen LogP contribution >= 0.6 is 0 Å². The number of piperidine rings is 1. The Morgan fingerprint density at radius 1 is 1.29 bits per heavy atom. The Morgan fingerprint density at radius 3 is 2.64 bits per heavy atom. The smallest absolute Gasteiger partial charge is 0.236 e. The molecule has 2 aliphatic rings. The Balaban J connectivity index is 1.75. The van der Waals surface area contributed by atoms with Crippen molar-refractivity contribution in [2.75, 3.05) is 32.7 Å². The van der Waals surface area contributed by atoms with Crippen LogP contribution in [0.1, 0.15) is 19.3 Å². The lowest BCUT2D eigenvalue weighted by atomic mass is 10.1. The topological polar surface area (TPSA) is 49.6 Å². The number of carbonyl (C=O) groups is 1. The number of carbonyl (C=O) groups excluding carboxylic acids is 1. The molecule has 4 heteroatoms. The highest BCUT2D eigenvalue weighted by atomic mass is 16.2. The Bertz CT molecular complexity index is 215. The van der Waals surface area contributed by atoms with Crippen LogP contribution in [0.25, 0.3) is 0 Å². The maximum absolute atomic E-state index is 11.6. The van der Waals surface area contributed by atoms with Gasteiger partial charge in [-0.1, -0.05) is 0 Å². The van der Waals surface area contributed by atoms with Gasteiger partial charge in [0.2, 0.25) is 5.91 Å². The summed E-state index contributed by atoms with van der Waals surface area (Å²) in [6.07, 6.45) is 3.41. The average Bonchev–Trinajstić information content (AvgIpc) is 1.99. The zero-order valence-electron chi connectivity index (χ0n) is 8.61. The summed E-state index contributed by atoms with van der Waals surface area (Å²) in [6, 6.07) is 0.271. The molecule has 0 aromatic rings. The summed E-state index contributed by atoms with van der Waals surface area (Å²) < 4.78 is 0. The quantitative estimate of drug-likeness (QED) is 0.658. The van der Waals surface area contributed by atoms with E-state index in [4.69, 9.17) is 5.73 Å². The van der Waals surface area contributed by atoms with Gasteiger partial charge in [-0.3, -0.25) is 9.69 Å². The third-order valence-corrected chi connectivity index (χ3v) is 3.11. The molecule has 14 heavy (non-hydrogen) atoms. The standard InChI is InChI=1S/C10H19N3O/c11-9-3-1-4-12(7-9)8-10(14)13-5-2-6-13/h9H,1-8,11H2. The van der Waals surface area contributed by atoms with Gasteiger partial charge in [-0.15, -0.1) is 0 Å². The summed E-state index contributed by atoms with van der Waals surface area (Å²) in [5.41, 5.74) is 5.86. The van der Waals surface area contributed by atoms with E-state index >= 15 is 0 Å². The van der Waals surface area contributed by atoms with E-state index in [1.807, 2.05) is 4.90 Å². The van der Waals surface area contributed by atoms with Crippen molar-refractivity contribution in [1.82, 2.24) is 9.80 Å². The lowest BCUT2D eigenvalue weighted by Gasteiger charge is -2.35. The van der Waals surface area contributed by atoms with E-state index in [1.165, 1.54) is 6.42 Å². The Morgan fingerprint density at radius 2 is 2.07 bits per heavy atom. The second kappa shape index (κ2) is 4.28. The summed E-state index contributed by atoms with van der Waals surface area (Å²) in [5, 5.41) is 0. The predicted molar refractivity (Wildman–Crippen MR) is 54.8 cm³/mol. The Kier molecular flexibility index (Phi) is 3.03. The highest BCUT2D eigenvalue weighted by molar-refractivity contribution is 5.78. The lowest BCUT2D eigenvalue weighted by Crippen LogP contribution is -2.50. The molecular weight excluding hydrogens is 178 g/mol. The molecule has 0 aromatic heterocycles. The number of hydrogen-bond acceptors (Lipinski definition) is 3. The fourth-order valence-electron chi connectivity index (χ4n) is 2.09. The molecular formula is C10H19N3O. The molecule has 2 saturated heterocycles. The van der Waals surface area contributed by atoms with Crippen LogP contribution in [0, 0.1) is 0 Å². The number of amides is 1. The van der Waals surface area contributed by atoms with Crippen LogP contribution in [0.15, 0.2) is 0 Å². The van der Waals surface area contributed by atoms with E-state index in [1.54, 1.807) is 0 Å². The highest BCUT2D eigenvalue weighted by Gasteiger charge is 2.24. The van der Waals surface area contributed by atoms with Crippen molar-refractivity contribution in [3.8, 4) is 0 Å². The summed E-state index contributed by atoms with van der Waals surface area (Å²) in [7, 11) is 0. The van der Waals surface area contributed by atoms with Crippen molar-refractivity contribution < 1.29 is 4.79 Å². The van der Waals surface area contributed by atoms with Crippen LogP contribution < -0.4 is 5.73 Å². The molecule has 80 valence electrons. The molecule has 2 fully saturated rings. The van der Waals surface area contributed by atoms with Crippen LogP contribution in [0.5, 0.6) is 0 Å². The van der Waals surface area contributed by atoms with Crippen molar-refractivity contribution in [1.29, 1.82) is 0 Å². The van der Waals surface area contributed by atoms with Crippen molar-refractivity contribution in [3.05, 3.63) is 0 Å².